The fraction of sp³-hybridized carbons (Fsp3) is 0.351. The average Bonchev–Trinajstić information content (AvgIpc) is 3.45. The lowest BCUT2D eigenvalue weighted by molar-refractivity contribution is -0.132. The number of aromatic nitrogens is 1. The van der Waals surface area contributed by atoms with Crippen molar-refractivity contribution >= 4 is 51.6 Å². The molecule has 8 heteroatoms. The van der Waals surface area contributed by atoms with Crippen molar-refractivity contribution in [2.45, 2.75) is 58.3 Å². The number of amides is 3. The topological polar surface area (TPSA) is 85.8 Å². The Labute approximate surface area is 269 Å². The number of likely N-dealkylation sites (tertiary alicyclic amines) is 1. The van der Waals surface area contributed by atoms with Crippen molar-refractivity contribution in [3.8, 4) is 0 Å². The second kappa shape index (κ2) is 13.8. The van der Waals surface area contributed by atoms with Gasteiger partial charge in [-0.3, -0.25) is 14.4 Å². The van der Waals surface area contributed by atoms with E-state index in [1.165, 1.54) is 0 Å². The highest BCUT2D eigenvalue weighted by atomic mass is 35.5. The number of hydrogen-bond acceptors (Lipinski definition) is 3. The molecule has 0 bridgehead atoms. The molecule has 0 radical (unpaired) electrons. The first-order valence-electron chi connectivity index (χ1n) is 15.9. The van der Waals surface area contributed by atoms with Crippen LogP contribution in [0.15, 0.2) is 77.9 Å². The number of fused-ring (bicyclic) bond motifs is 2. The van der Waals surface area contributed by atoms with Crippen LogP contribution in [0, 0.1) is 12.8 Å². The van der Waals surface area contributed by atoms with E-state index in [0.29, 0.717) is 43.4 Å². The molecule has 3 heterocycles. The number of rotatable bonds is 8. The Balaban J connectivity index is 1.12. The molecule has 4 aromatic rings. The van der Waals surface area contributed by atoms with Gasteiger partial charge in [-0.25, -0.2) is 4.99 Å². The summed E-state index contributed by atoms with van der Waals surface area (Å²) in [5.41, 5.74) is 6.23. The maximum absolute atomic E-state index is 14.1. The Hall–Kier alpha value is -4.23. The van der Waals surface area contributed by atoms with Crippen LogP contribution >= 0.6 is 11.6 Å². The van der Waals surface area contributed by atoms with Crippen LogP contribution in [0.2, 0.25) is 5.02 Å². The van der Waals surface area contributed by atoms with Gasteiger partial charge in [0.25, 0.3) is 5.91 Å². The molecule has 1 N–H and O–H groups in total. The van der Waals surface area contributed by atoms with Gasteiger partial charge in [0.15, 0.2) is 0 Å². The van der Waals surface area contributed by atoms with Crippen molar-refractivity contribution in [3.63, 3.8) is 0 Å². The maximum Gasteiger partial charge on any atom is 0.273 e. The van der Waals surface area contributed by atoms with Gasteiger partial charge in [0.05, 0.1) is 6.42 Å². The fourth-order valence-corrected chi connectivity index (χ4v) is 6.86. The number of halogens is 1. The Morgan fingerprint density at radius 2 is 1.78 bits per heavy atom. The molecule has 0 spiro atoms. The van der Waals surface area contributed by atoms with E-state index in [1.807, 2.05) is 72.6 Å². The van der Waals surface area contributed by atoms with E-state index in [1.54, 1.807) is 11.0 Å². The monoisotopic (exact) mass is 622 g/mol. The smallest absolute Gasteiger partial charge is 0.273 e. The van der Waals surface area contributed by atoms with Crippen LogP contribution in [0.5, 0.6) is 0 Å². The van der Waals surface area contributed by atoms with Crippen LogP contribution in [-0.2, 0) is 33.6 Å². The van der Waals surface area contributed by atoms with E-state index >= 15 is 0 Å². The van der Waals surface area contributed by atoms with Gasteiger partial charge in [0, 0.05) is 60.3 Å². The molecule has 1 aromatic heterocycles. The highest BCUT2D eigenvalue weighted by Crippen LogP contribution is 2.31. The SMILES string of the molecule is Cc1cccc(CC(=O)N2CCC(CCC(=O)N=C(Cc3c[nH]c4ccccc34)C(=O)N3CCCc4cc(Cl)ccc43)CC2)c1. The quantitative estimate of drug-likeness (QED) is 0.217. The predicted molar refractivity (Wildman–Crippen MR) is 180 cm³/mol. The second-order valence-corrected chi connectivity index (χ2v) is 12.8. The van der Waals surface area contributed by atoms with Gasteiger partial charge < -0.3 is 14.8 Å². The summed E-state index contributed by atoms with van der Waals surface area (Å²) in [6.45, 7) is 4.01. The zero-order chi connectivity index (χ0) is 31.3. The number of aliphatic imine (C=N–C) groups is 1. The molecule has 3 aromatic carbocycles. The summed E-state index contributed by atoms with van der Waals surface area (Å²) in [5.74, 6) is -0.0119. The van der Waals surface area contributed by atoms with Crippen molar-refractivity contribution in [2.24, 2.45) is 10.9 Å². The maximum atomic E-state index is 14.1. The molecule has 2 aliphatic rings. The molecule has 7 nitrogen and oxygen atoms in total. The zero-order valence-electron chi connectivity index (χ0n) is 25.7. The molecular weight excluding hydrogens is 584 g/mol. The minimum atomic E-state index is -0.274. The van der Waals surface area contributed by atoms with Gasteiger partial charge in [0.2, 0.25) is 11.8 Å². The standard InChI is InChI=1S/C37H39ClN4O3/c1-25-6-4-7-27(20-25)21-36(44)41-18-15-26(16-19-41)11-14-35(43)40-33(23-29-24-39-32-10-3-2-9-31(29)32)37(45)42-17-5-8-28-22-30(38)12-13-34(28)42/h2-4,6-7,9-10,12-13,20,22,24,26,39H,5,8,11,14-19,21,23H2,1H3. The minimum absolute atomic E-state index is 0.154. The number of benzene rings is 3. The zero-order valence-corrected chi connectivity index (χ0v) is 26.5. The summed E-state index contributed by atoms with van der Waals surface area (Å²) < 4.78 is 0. The van der Waals surface area contributed by atoms with Crippen LogP contribution in [0.4, 0.5) is 5.69 Å². The molecule has 45 heavy (non-hydrogen) atoms. The van der Waals surface area contributed by atoms with Crippen molar-refractivity contribution in [1.29, 1.82) is 0 Å². The molecule has 3 amide bonds. The third-order valence-electron chi connectivity index (χ3n) is 9.12. The number of carbonyl (C=O) groups excluding carboxylic acids is 3. The van der Waals surface area contributed by atoms with Crippen molar-refractivity contribution in [3.05, 3.63) is 100 Å². The summed E-state index contributed by atoms with van der Waals surface area (Å²) in [6, 6.07) is 21.6. The van der Waals surface area contributed by atoms with Gasteiger partial charge in [-0.05, 0) is 85.9 Å². The third-order valence-corrected chi connectivity index (χ3v) is 9.35. The normalized spacial score (nSPS) is 15.7. The molecular formula is C37H39ClN4O3. The third kappa shape index (κ3) is 7.36. The van der Waals surface area contributed by atoms with Gasteiger partial charge in [-0.2, -0.15) is 0 Å². The number of aryl methyl sites for hydroxylation is 2. The fourth-order valence-electron chi connectivity index (χ4n) is 6.67. The molecule has 0 aliphatic carbocycles. The van der Waals surface area contributed by atoms with E-state index in [4.69, 9.17) is 11.6 Å². The molecule has 0 unspecified atom stereocenters. The predicted octanol–water partition coefficient (Wildman–Crippen LogP) is 6.88. The van der Waals surface area contributed by atoms with Crippen LogP contribution < -0.4 is 4.90 Å². The molecule has 1 fully saturated rings. The Bertz CT molecular complexity index is 1750. The summed E-state index contributed by atoms with van der Waals surface area (Å²) in [5, 5.41) is 1.66. The number of nitrogens with one attached hydrogen (secondary N) is 1. The molecule has 1 saturated heterocycles. The average molecular weight is 623 g/mol. The molecule has 2 aliphatic heterocycles. The van der Waals surface area contributed by atoms with E-state index < -0.39 is 0 Å². The lowest BCUT2D eigenvalue weighted by atomic mass is 9.91. The van der Waals surface area contributed by atoms with Crippen molar-refractivity contribution in [1.82, 2.24) is 9.88 Å². The van der Waals surface area contributed by atoms with E-state index in [0.717, 1.165) is 64.5 Å². The van der Waals surface area contributed by atoms with Gasteiger partial charge in [-0.15, -0.1) is 0 Å². The highest BCUT2D eigenvalue weighted by molar-refractivity contribution is 6.45. The van der Waals surface area contributed by atoms with Gasteiger partial charge in [-0.1, -0.05) is 59.6 Å². The number of hydrogen-bond donors (Lipinski definition) is 1. The van der Waals surface area contributed by atoms with Crippen molar-refractivity contribution < 1.29 is 14.4 Å². The molecule has 6 rings (SSSR count). The largest absolute Gasteiger partial charge is 0.361 e. The number of carbonyl (C=O) groups is 3. The number of para-hydroxylation sites is 1. The second-order valence-electron chi connectivity index (χ2n) is 12.4. The summed E-state index contributed by atoms with van der Waals surface area (Å²) in [4.78, 5) is 51.7. The summed E-state index contributed by atoms with van der Waals surface area (Å²) in [7, 11) is 0. The highest BCUT2D eigenvalue weighted by Gasteiger charge is 2.28. The lowest BCUT2D eigenvalue weighted by Crippen LogP contribution is -2.41. The molecule has 0 atom stereocenters. The number of nitrogens with zero attached hydrogens (tertiary/aromatic N) is 3. The first-order valence-corrected chi connectivity index (χ1v) is 16.3. The van der Waals surface area contributed by atoms with E-state index in [2.05, 4.69) is 16.0 Å². The van der Waals surface area contributed by atoms with Gasteiger partial charge in [0.1, 0.15) is 5.71 Å². The number of anilines is 1. The summed E-state index contributed by atoms with van der Waals surface area (Å²) in [6.07, 6.45) is 6.95. The number of piperidine rings is 1. The van der Waals surface area contributed by atoms with E-state index in [-0.39, 0.29) is 36.3 Å². The van der Waals surface area contributed by atoms with Crippen LogP contribution in [0.25, 0.3) is 10.9 Å². The Kier molecular flexibility index (Phi) is 9.45. The minimum Gasteiger partial charge on any atom is -0.361 e. The number of H-pyrrole nitrogens is 1. The van der Waals surface area contributed by atoms with Crippen molar-refractivity contribution in [2.75, 3.05) is 24.5 Å². The number of aromatic amines is 1. The summed E-state index contributed by atoms with van der Waals surface area (Å²) >= 11 is 6.25. The van der Waals surface area contributed by atoms with E-state index in [9.17, 15) is 14.4 Å². The first kappa shape index (κ1) is 30.8. The Morgan fingerprint density at radius 1 is 0.956 bits per heavy atom. The van der Waals surface area contributed by atoms with Crippen LogP contribution in [-0.4, -0.2) is 53.0 Å². The van der Waals surface area contributed by atoms with Crippen LogP contribution in [0.1, 0.15) is 54.4 Å². The lowest BCUT2D eigenvalue weighted by Gasteiger charge is -2.32. The molecule has 0 saturated carbocycles. The molecule has 232 valence electrons. The van der Waals surface area contributed by atoms with Crippen LogP contribution in [0.3, 0.4) is 0 Å². The first-order chi connectivity index (χ1) is 21.8. The Morgan fingerprint density at radius 3 is 2.60 bits per heavy atom. The van der Waals surface area contributed by atoms with Gasteiger partial charge >= 0.3 is 0 Å².